The minimum absolute atomic E-state index is 0. The summed E-state index contributed by atoms with van der Waals surface area (Å²) < 4.78 is 5.77. The number of amidine groups is 1. The Hall–Kier alpha value is -3.26. The van der Waals surface area contributed by atoms with E-state index in [2.05, 4.69) is 19.9 Å². The Balaban J connectivity index is 0.00000341. The minimum atomic E-state index is 0. The molecule has 2 aromatic rings. The van der Waals surface area contributed by atoms with Crippen LogP contribution in [0.2, 0.25) is 0 Å². The highest BCUT2D eigenvalue weighted by Gasteiger charge is 2.24. The average Bonchev–Trinajstić information content (AvgIpc) is 2.71. The third-order valence-electron chi connectivity index (χ3n) is 4.75. The van der Waals surface area contributed by atoms with Crippen molar-refractivity contribution in [3.8, 4) is 0 Å². The van der Waals surface area contributed by atoms with E-state index in [1.54, 1.807) is 18.3 Å². The molecule has 0 radical (unpaired) electrons. The number of hydrogen-bond donors (Lipinski definition) is 2. The molecule has 1 aromatic carbocycles. The Morgan fingerprint density at radius 2 is 1.90 bits per heavy atom. The fourth-order valence-electron chi connectivity index (χ4n) is 3.38. The monoisotopic (exact) mass is 409 g/mol. The molecule has 1 fully saturated rings. The molecular formula is C22H31N7O. The van der Waals surface area contributed by atoms with E-state index < -0.39 is 0 Å². The van der Waals surface area contributed by atoms with Gasteiger partial charge in [-0.25, -0.2) is 9.98 Å². The maximum absolute atomic E-state index is 7.76. The lowest BCUT2D eigenvalue weighted by atomic mass is 10.1. The molecule has 3 N–H and O–H groups in total. The van der Waals surface area contributed by atoms with E-state index in [0.717, 1.165) is 24.3 Å². The zero-order valence-electron chi connectivity index (χ0n) is 17.9. The molecule has 1 aliphatic rings. The van der Waals surface area contributed by atoms with Crippen molar-refractivity contribution < 1.29 is 6.16 Å². The molecule has 0 bridgehead atoms. The summed E-state index contributed by atoms with van der Waals surface area (Å²) in [6.45, 7) is 5.54. The van der Waals surface area contributed by atoms with Crippen LogP contribution in [0.1, 0.15) is 20.8 Å². The van der Waals surface area contributed by atoms with Crippen LogP contribution in [0.5, 0.6) is 0 Å². The zero-order valence-corrected chi connectivity index (χ0v) is 17.9. The minimum Gasteiger partial charge on any atom is -0.384 e. The third kappa shape index (κ3) is 5.42. The van der Waals surface area contributed by atoms with Crippen LogP contribution < -0.4 is 15.5 Å². The Morgan fingerprint density at radius 1 is 1.23 bits per heavy atom. The van der Waals surface area contributed by atoms with Crippen LogP contribution in [0, 0.1) is 5.41 Å². The van der Waals surface area contributed by atoms with Crippen LogP contribution in [-0.2, 0) is 4.74 Å². The molecule has 2 heterocycles. The van der Waals surface area contributed by atoms with E-state index in [1.165, 1.54) is 6.21 Å². The molecule has 0 aliphatic carbocycles. The number of aliphatic imine (C=N–C) groups is 1. The van der Waals surface area contributed by atoms with Gasteiger partial charge in [0.05, 0.1) is 12.2 Å². The molecule has 1 aliphatic heterocycles. The Labute approximate surface area is 179 Å². The number of nitrogens with zero attached hydrogens (tertiary/aromatic N) is 5. The van der Waals surface area contributed by atoms with Gasteiger partial charge in [-0.15, -0.1) is 0 Å². The van der Waals surface area contributed by atoms with Gasteiger partial charge in [0.25, 0.3) is 0 Å². The highest BCUT2D eigenvalue weighted by molar-refractivity contribution is 6.16. The van der Waals surface area contributed by atoms with Gasteiger partial charge in [-0.05, 0) is 37.6 Å². The topological polar surface area (TPSA) is 104 Å². The van der Waals surface area contributed by atoms with Crippen LogP contribution in [0.15, 0.2) is 47.6 Å². The molecule has 3 rings (SSSR count). The van der Waals surface area contributed by atoms with Gasteiger partial charge in [0.1, 0.15) is 5.84 Å². The summed E-state index contributed by atoms with van der Waals surface area (Å²) in [5.74, 6) is 1.37. The molecular weight excluding hydrogens is 378 g/mol. The summed E-state index contributed by atoms with van der Waals surface area (Å²) >= 11 is 0. The number of anilines is 2. The summed E-state index contributed by atoms with van der Waals surface area (Å²) in [5, 5.41) is 7.76. The molecule has 160 valence electrons. The lowest BCUT2D eigenvalue weighted by Gasteiger charge is -2.35. The number of aromatic nitrogens is 2. The zero-order chi connectivity index (χ0) is 21.7. The normalized spacial score (nSPS) is 20.2. The number of rotatable bonds is 6. The maximum Gasteiger partial charge on any atom is 0.227 e. The van der Waals surface area contributed by atoms with Gasteiger partial charge in [-0.3, -0.25) is 0 Å². The van der Waals surface area contributed by atoms with Crippen LogP contribution in [-0.4, -0.2) is 61.4 Å². The van der Waals surface area contributed by atoms with Gasteiger partial charge in [-0.2, -0.15) is 4.98 Å². The SMILES string of the molecule is C[C@@H]1CN(c2nccc(N=C(N)/C=C(\C=N)c3ccc(N(C)C)cc3)n2)C[C@H](C)O1.[HH]. The molecule has 0 unspecified atom stereocenters. The fourth-order valence-corrected chi connectivity index (χ4v) is 3.38. The maximum atomic E-state index is 7.76. The Morgan fingerprint density at radius 3 is 2.50 bits per heavy atom. The van der Waals surface area contributed by atoms with Crippen molar-refractivity contribution in [3.63, 3.8) is 0 Å². The second-order valence-corrected chi connectivity index (χ2v) is 7.60. The standard InChI is InChI=1S/C22H29N7O.H2/c1-15-13-29(14-16(2)30-15)22-25-10-9-21(27-22)26-20(24)11-18(12-23)17-5-7-19(8-6-17)28(3)4;/h5-12,15-16,23H,13-14H2,1-4H3,(H2,24,25,26,27);1H/b18-11+,23-12?;/t15-,16+;. The third-order valence-corrected chi connectivity index (χ3v) is 4.75. The largest absolute Gasteiger partial charge is 0.384 e. The molecule has 1 saturated heterocycles. The molecule has 0 amide bonds. The van der Waals surface area contributed by atoms with Crippen LogP contribution >= 0.6 is 0 Å². The highest BCUT2D eigenvalue weighted by atomic mass is 16.5. The van der Waals surface area contributed by atoms with Gasteiger partial charge in [-0.1, -0.05) is 12.1 Å². The molecule has 1 aromatic heterocycles. The van der Waals surface area contributed by atoms with E-state index in [0.29, 0.717) is 17.3 Å². The van der Waals surface area contributed by atoms with E-state index in [1.807, 2.05) is 57.1 Å². The molecule has 8 heteroatoms. The predicted molar refractivity (Wildman–Crippen MR) is 125 cm³/mol. The van der Waals surface area contributed by atoms with Crippen molar-refractivity contribution >= 4 is 35.1 Å². The smallest absolute Gasteiger partial charge is 0.227 e. The molecule has 0 saturated carbocycles. The fraction of sp³-hybridized carbons (Fsp3) is 0.364. The quantitative estimate of drug-likeness (QED) is 0.561. The van der Waals surface area contributed by atoms with Gasteiger partial charge < -0.3 is 25.7 Å². The van der Waals surface area contributed by atoms with E-state index in [9.17, 15) is 0 Å². The second kappa shape index (κ2) is 9.49. The first-order chi connectivity index (χ1) is 14.4. The molecule has 2 atom stereocenters. The van der Waals surface area contributed by atoms with Crippen LogP contribution in [0.25, 0.3) is 5.57 Å². The number of benzene rings is 1. The molecule has 0 spiro atoms. The van der Waals surface area contributed by atoms with Crippen LogP contribution in [0.4, 0.5) is 17.5 Å². The second-order valence-electron chi connectivity index (χ2n) is 7.60. The number of nitrogens with one attached hydrogen (secondary N) is 1. The number of ether oxygens (including phenoxy) is 1. The van der Waals surface area contributed by atoms with Crippen molar-refractivity contribution in [2.45, 2.75) is 26.1 Å². The molecule has 30 heavy (non-hydrogen) atoms. The van der Waals surface area contributed by atoms with E-state index >= 15 is 0 Å². The number of morpholine rings is 1. The molecule has 8 nitrogen and oxygen atoms in total. The van der Waals surface area contributed by atoms with Crippen molar-refractivity contribution in [2.75, 3.05) is 37.0 Å². The average molecular weight is 410 g/mol. The van der Waals surface area contributed by atoms with Crippen LogP contribution in [0.3, 0.4) is 0 Å². The van der Waals surface area contributed by atoms with Crippen molar-refractivity contribution in [2.24, 2.45) is 10.7 Å². The lowest BCUT2D eigenvalue weighted by Crippen LogP contribution is -2.46. The van der Waals surface area contributed by atoms with Gasteiger partial charge >= 0.3 is 0 Å². The first-order valence-electron chi connectivity index (χ1n) is 9.93. The Kier molecular flexibility index (Phi) is 6.79. The van der Waals surface area contributed by atoms with Gasteiger partial charge in [0.15, 0.2) is 5.82 Å². The summed E-state index contributed by atoms with van der Waals surface area (Å²) in [6.07, 6.45) is 4.87. The Bertz CT molecular complexity index is 933. The highest BCUT2D eigenvalue weighted by Crippen LogP contribution is 2.20. The predicted octanol–water partition coefficient (Wildman–Crippen LogP) is 3.12. The summed E-state index contributed by atoms with van der Waals surface area (Å²) in [5.41, 5.74) is 8.80. The number of hydrogen-bond acceptors (Lipinski definition) is 7. The van der Waals surface area contributed by atoms with Crippen molar-refractivity contribution in [3.05, 3.63) is 48.2 Å². The first kappa shape index (κ1) is 21.4. The number of nitrogens with two attached hydrogens (primary N) is 1. The summed E-state index contributed by atoms with van der Waals surface area (Å²) in [4.78, 5) is 17.5. The summed E-state index contributed by atoms with van der Waals surface area (Å²) in [7, 11) is 3.97. The van der Waals surface area contributed by atoms with Crippen molar-refractivity contribution in [1.29, 1.82) is 5.41 Å². The first-order valence-corrected chi connectivity index (χ1v) is 9.93. The number of allylic oxidation sites excluding steroid dienone is 1. The van der Waals surface area contributed by atoms with Crippen molar-refractivity contribution in [1.82, 2.24) is 9.97 Å². The van der Waals surface area contributed by atoms with E-state index in [4.69, 9.17) is 15.9 Å². The van der Waals surface area contributed by atoms with E-state index in [-0.39, 0.29) is 19.5 Å². The van der Waals surface area contributed by atoms with Gasteiger partial charge in [0, 0.05) is 58.3 Å². The summed E-state index contributed by atoms with van der Waals surface area (Å²) in [6, 6.07) is 9.64. The lowest BCUT2D eigenvalue weighted by molar-refractivity contribution is -0.00571. The van der Waals surface area contributed by atoms with Gasteiger partial charge in [0.2, 0.25) is 5.95 Å².